The van der Waals surface area contributed by atoms with Crippen molar-refractivity contribution in [2.75, 3.05) is 13.2 Å². The summed E-state index contributed by atoms with van der Waals surface area (Å²) in [5.41, 5.74) is 3.07. The number of ether oxygens (including phenoxy) is 1. The number of fused-ring (bicyclic) bond motifs is 1. The maximum Gasteiger partial charge on any atom is 0.220 e. The Morgan fingerprint density at radius 1 is 1.11 bits per heavy atom. The molecule has 5 nitrogen and oxygen atoms in total. The topological polar surface area (TPSA) is 56.1 Å². The molecule has 0 unspecified atom stereocenters. The summed E-state index contributed by atoms with van der Waals surface area (Å²) in [5, 5.41) is 2.96. The zero-order valence-electron chi connectivity index (χ0n) is 16.0. The van der Waals surface area contributed by atoms with Crippen LogP contribution in [-0.2, 0) is 16.0 Å². The molecule has 1 heterocycles. The van der Waals surface area contributed by atoms with Gasteiger partial charge < -0.3 is 10.1 Å². The second kappa shape index (κ2) is 9.33. The molecular formula is C22H27N3O2. The highest BCUT2D eigenvalue weighted by Gasteiger charge is 2.13. The molecule has 0 aliphatic rings. The van der Waals surface area contributed by atoms with Crippen LogP contribution in [0.5, 0.6) is 0 Å². The molecule has 5 heteroatoms. The summed E-state index contributed by atoms with van der Waals surface area (Å²) in [6.07, 6.45) is 2.07. The van der Waals surface area contributed by atoms with Crippen LogP contribution in [0.15, 0.2) is 54.6 Å². The summed E-state index contributed by atoms with van der Waals surface area (Å²) in [7, 11) is 0. The van der Waals surface area contributed by atoms with Crippen LogP contribution in [0, 0.1) is 0 Å². The quantitative estimate of drug-likeness (QED) is 0.585. The zero-order chi connectivity index (χ0) is 19.1. The molecule has 0 saturated heterocycles. The molecule has 0 bridgehead atoms. The number of nitrogens with zero attached hydrogens (tertiary/aromatic N) is 2. The first-order valence-electron chi connectivity index (χ1n) is 9.55. The van der Waals surface area contributed by atoms with Crippen LogP contribution < -0.4 is 5.32 Å². The summed E-state index contributed by atoms with van der Waals surface area (Å²) in [5.74, 6) is 0.951. The molecule has 0 saturated carbocycles. The van der Waals surface area contributed by atoms with Gasteiger partial charge in [-0.1, -0.05) is 30.3 Å². The Balaban J connectivity index is 1.64. The van der Waals surface area contributed by atoms with Crippen molar-refractivity contribution in [3.8, 4) is 5.69 Å². The lowest BCUT2D eigenvalue weighted by Gasteiger charge is -2.10. The van der Waals surface area contributed by atoms with Gasteiger partial charge in [0.25, 0.3) is 0 Å². The predicted octanol–water partition coefficient (Wildman–Crippen LogP) is 3.89. The first kappa shape index (κ1) is 19.1. The van der Waals surface area contributed by atoms with Gasteiger partial charge in [0.05, 0.1) is 17.1 Å². The number of amides is 1. The van der Waals surface area contributed by atoms with E-state index in [-0.39, 0.29) is 12.0 Å². The van der Waals surface area contributed by atoms with Crippen molar-refractivity contribution in [2.24, 2.45) is 0 Å². The first-order chi connectivity index (χ1) is 13.1. The van der Waals surface area contributed by atoms with Crippen LogP contribution in [-0.4, -0.2) is 34.7 Å². The zero-order valence-corrected chi connectivity index (χ0v) is 16.0. The summed E-state index contributed by atoms with van der Waals surface area (Å²) in [6, 6.07) is 18.2. The number of hydrogen-bond donors (Lipinski definition) is 1. The average molecular weight is 365 g/mol. The standard InChI is InChI=1S/C22H27N3O2/c1-17(2)27-16-8-15-23-22(26)14-13-21-24-19-11-6-7-12-20(19)25(21)18-9-4-3-5-10-18/h3-7,9-12,17H,8,13-16H2,1-2H3,(H,23,26). The summed E-state index contributed by atoms with van der Waals surface area (Å²) < 4.78 is 7.62. The Morgan fingerprint density at radius 3 is 2.63 bits per heavy atom. The minimum atomic E-state index is 0.0474. The molecule has 0 fully saturated rings. The van der Waals surface area contributed by atoms with Gasteiger partial charge in [-0.05, 0) is 44.5 Å². The van der Waals surface area contributed by atoms with Gasteiger partial charge in [-0.15, -0.1) is 0 Å². The molecule has 142 valence electrons. The third-order valence-electron chi connectivity index (χ3n) is 4.31. The number of nitrogens with one attached hydrogen (secondary N) is 1. The fourth-order valence-corrected chi connectivity index (χ4v) is 3.04. The molecule has 3 rings (SSSR count). The summed E-state index contributed by atoms with van der Waals surface area (Å²) in [4.78, 5) is 16.9. The minimum absolute atomic E-state index is 0.0474. The van der Waals surface area contributed by atoms with Crippen LogP contribution in [0.3, 0.4) is 0 Å². The highest BCUT2D eigenvalue weighted by Crippen LogP contribution is 2.22. The van der Waals surface area contributed by atoms with Crippen LogP contribution in [0.2, 0.25) is 0 Å². The molecule has 3 aromatic rings. The second-order valence-corrected chi connectivity index (χ2v) is 6.81. The number of aromatic nitrogens is 2. The molecule has 0 spiro atoms. The normalized spacial score (nSPS) is 11.2. The van der Waals surface area contributed by atoms with E-state index in [1.165, 1.54) is 0 Å². The first-order valence-corrected chi connectivity index (χ1v) is 9.55. The van der Waals surface area contributed by atoms with E-state index in [0.717, 1.165) is 29.0 Å². The minimum Gasteiger partial charge on any atom is -0.379 e. The molecule has 1 N–H and O–H groups in total. The van der Waals surface area contributed by atoms with E-state index in [4.69, 9.17) is 9.72 Å². The van der Waals surface area contributed by atoms with Crippen molar-refractivity contribution < 1.29 is 9.53 Å². The molecule has 0 aliphatic carbocycles. The number of para-hydroxylation sites is 3. The molecular weight excluding hydrogens is 338 g/mol. The van der Waals surface area contributed by atoms with Crippen LogP contribution >= 0.6 is 0 Å². The highest BCUT2D eigenvalue weighted by atomic mass is 16.5. The Kier molecular flexibility index (Phi) is 6.60. The van der Waals surface area contributed by atoms with Crippen molar-refractivity contribution in [2.45, 2.75) is 39.2 Å². The van der Waals surface area contributed by atoms with Crippen LogP contribution in [0.25, 0.3) is 16.7 Å². The van der Waals surface area contributed by atoms with Gasteiger partial charge >= 0.3 is 0 Å². The van der Waals surface area contributed by atoms with E-state index in [9.17, 15) is 4.79 Å². The number of benzene rings is 2. The lowest BCUT2D eigenvalue weighted by Crippen LogP contribution is -2.26. The third kappa shape index (κ3) is 5.17. The summed E-state index contributed by atoms with van der Waals surface area (Å²) >= 11 is 0. The Hall–Kier alpha value is -2.66. The van der Waals surface area contributed by atoms with Crippen LogP contribution in [0.4, 0.5) is 0 Å². The molecule has 1 aromatic heterocycles. The number of rotatable bonds is 9. The van der Waals surface area contributed by atoms with Crippen molar-refractivity contribution in [3.05, 3.63) is 60.4 Å². The number of hydrogen-bond acceptors (Lipinski definition) is 3. The molecule has 2 aromatic carbocycles. The van der Waals surface area contributed by atoms with Gasteiger partial charge in [-0.3, -0.25) is 9.36 Å². The smallest absolute Gasteiger partial charge is 0.220 e. The Bertz CT molecular complexity index is 872. The second-order valence-electron chi connectivity index (χ2n) is 6.81. The van der Waals surface area contributed by atoms with Gasteiger partial charge in [0.1, 0.15) is 5.82 Å². The van der Waals surface area contributed by atoms with Crippen LogP contribution in [0.1, 0.15) is 32.5 Å². The Labute approximate surface area is 160 Å². The van der Waals surface area contributed by atoms with E-state index in [1.54, 1.807) is 0 Å². The van der Waals surface area contributed by atoms with Gasteiger partial charge in [0, 0.05) is 31.7 Å². The molecule has 0 radical (unpaired) electrons. The number of carbonyl (C=O) groups is 1. The molecule has 0 atom stereocenters. The van der Waals surface area contributed by atoms with E-state index < -0.39 is 0 Å². The lowest BCUT2D eigenvalue weighted by atomic mass is 10.2. The maximum absolute atomic E-state index is 12.2. The van der Waals surface area contributed by atoms with Crippen molar-refractivity contribution >= 4 is 16.9 Å². The fourth-order valence-electron chi connectivity index (χ4n) is 3.04. The number of imidazole rings is 1. The Morgan fingerprint density at radius 2 is 1.85 bits per heavy atom. The monoisotopic (exact) mass is 365 g/mol. The highest BCUT2D eigenvalue weighted by molar-refractivity contribution is 5.79. The van der Waals surface area contributed by atoms with Crippen molar-refractivity contribution in [1.29, 1.82) is 0 Å². The molecule has 0 aliphatic heterocycles. The SMILES string of the molecule is CC(C)OCCCNC(=O)CCc1nc2ccccc2n1-c1ccccc1. The van der Waals surface area contributed by atoms with E-state index in [2.05, 4.69) is 28.1 Å². The van der Waals surface area contributed by atoms with Gasteiger partial charge in [0.2, 0.25) is 5.91 Å². The average Bonchev–Trinajstić information content (AvgIpc) is 3.05. The third-order valence-corrected chi connectivity index (χ3v) is 4.31. The van der Waals surface area contributed by atoms with Gasteiger partial charge in [0.15, 0.2) is 0 Å². The predicted molar refractivity (Wildman–Crippen MR) is 108 cm³/mol. The van der Waals surface area contributed by atoms with Gasteiger partial charge in [-0.2, -0.15) is 0 Å². The van der Waals surface area contributed by atoms with E-state index in [1.807, 2.05) is 50.2 Å². The molecule has 1 amide bonds. The lowest BCUT2D eigenvalue weighted by molar-refractivity contribution is -0.121. The maximum atomic E-state index is 12.2. The van der Waals surface area contributed by atoms with Gasteiger partial charge in [-0.25, -0.2) is 4.98 Å². The largest absolute Gasteiger partial charge is 0.379 e. The van der Waals surface area contributed by atoms with Crippen molar-refractivity contribution in [3.63, 3.8) is 0 Å². The number of carbonyl (C=O) groups excluding carboxylic acids is 1. The molecule has 27 heavy (non-hydrogen) atoms. The fraction of sp³-hybridized carbons (Fsp3) is 0.364. The van der Waals surface area contributed by atoms with Crippen molar-refractivity contribution in [1.82, 2.24) is 14.9 Å². The van der Waals surface area contributed by atoms with E-state index in [0.29, 0.717) is 26.0 Å². The van der Waals surface area contributed by atoms with E-state index >= 15 is 0 Å². The number of aryl methyl sites for hydroxylation is 1. The summed E-state index contributed by atoms with van der Waals surface area (Å²) in [6.45, 7) is 5.33.